The van der Waals surface area contributed by atoms with Gasteiger partial charge in [0, 0.05) is 29.8 Å². The maximum absolute atomic E-state index is 12.5. The van der Waals surface area contributed by atoms with Crippen molar-refractivity contribution in [2.45, 2.75) is 32.2 Å². The van der Waals surface area contributed by atoms with Crippen LogP contribution in [0.5, 0.6) is 5.75 Å². The van der Waals surface area contributed by atoms with Crippen LogP contribution in [0.1, 0.15) is 43.4 Å². The number of nitrogens with one attached hydrogen (secondary N) is 1. The normalized spacial score (nSPS) is 14.7. The molecule has 3 rings (SSSR count). The molecule has 1 atom stereocenters. The lowest BCUT2D eigenvalue weighted by atomic mass is 10.0. The number of hydrogen-bond acceptors (Lipinski definition) is 3. The molecule has 0 bridgehead atoms. The Hall–Kier alpha value is -2.79. The van der Waals surface area contributed by atoms with Gasteiger partial charge < -0.3 is 15.0 Å². The van der Waals surface area contributed by atoms with Crippen molar-refractivity contribution in [1.29, 1.82) is 0 Å². The molecule has 0 spiro atoms. The van der Waals surface area contributed by atoms with E-state index in [4.69, 9.17) is 16.3 Å². The van der Waals surface area contributed by atoms with Crippen LogP contribution in [0.2, 0.25) is 5.02 Å². The second-order valence-corrected chi connectivity index (χ2v) is 7.71. The van der Waals surface area contributed by atoms with Gasteiger partial charge in [0.1, 0.15) is 5.75 Å². The van der Waals surface area contributed by atoms with E-state index in [2.05, 4.69) is 5.32 Å². The highest BCUT2D eigenvalue weighted by molar-refractivity contribution is 6.30. The third-order valence-corrected chi connectivity index (χ3v) is 5.38. The van der Waals surface area contributed by atoms with Crippen LogP contribution < -0.4 is 10.1 Å². The smallest absolute Gasteiger partial charge is 0.260 e. The van der Waals surface area contributed by atoms with E-state index in [0.717, 1.165) is 37.1 Å². The van der Waals surface area contributed by atoms with Crippen LogP contribution >= 0.6 is 11.6 Å². The summed E-state index contributed by atoms with van der Waals surface area (Å²) in [7, 11) is 0. The predicted octanol–water partition coefficient (Wildman–Crippen LogP) is 4.62. The van der Waals surface area contributed by atoms with Crippen LogP contribution in [0.3, 0.4) is 0 Å². The zero-order chi connectivity index (χ0) is 21.3. The molecule has 30 heavy (non-hydrogen) atoms. The first-order valence-corrected chi connectivity index (χ1v) is 10.7. The molecule has 2 amide bonds. The molecule has 1 fully saturated rings. The van der Waals surface area contributed by atoms with Crippen molar-refractivity contribution in [2.24, 2.45) is 0 Å². The second-order valence-electron chi connectivity index (χ2n) is 7.27. The summed E-state index contributed by atoms with van der Waals surface area (Å²) in [4.78, 5) is 26.6. The van der Waals surface area contributed by atoms with Gasteiger partial charge in [-0.1, -0.05) is 48.9 Å². The minimum absolute atomic E-state index is 0.00489. The number of ether oxygens (including phenoxy) is 1. The topological polar surface area (TPSA) is 58.6 Å². The van der Waals surface area contributed by atoms with Gasteiger partial charge in [-0.25, -0.2) is 0 Å². The molecule has 1 N–H and O–H groups in total. The quantitative estimate of drug-likeness (QED) is 0.626. The van der Waals surface area contributed by atoms with Crippen molar-refractivity contribution in [3.63, 3.8) is 0 Å². The fourth-order valence-electron chi connectivity index (χ4n) is 3.46. The number of hydrogen-bond donors (Lipinski definition) is 1. The number of carbonyl (C=O) groups excluding carboxylic acids is 2. The molecule has 1 unspecified atom stereocenters. The monoisotopic (exact) mass is 426 g/mol. The first-order chi connectivity index (χ1) is 14.6. The van der Waals surface area contributed by atoms with E-state index in [1.807, 2.05) is 48.2 Å². The molecular formula is C24H27ClN2O3. The third-order valence-electron chi connectivity index (χ3n) is 5.13. The molecule has 0 aliphatic carbocycles. The predicted molar refractivity (Wildman–Crippen MR) is 119 cm³/mol. The summed E-state index contributed by atoms with van der Waals surface area (Å²) in [6.07, 6.45) is 6.05. The van der Waals surface area contributed by atoms with Crippen LogP contribution in [-0.2, 0) is 9.59 Å². The molecule has 6 heteroatoms. The zero-order valence-corrected chi connectivity index (χ0v) is 17.9. The molecule has 0 radical (unpaired) electrons. The molecule has 0 saturated carbocycles. The summed E-state index contributed by atoms with van der Waals surface area (Å²) in [5, 5.41) is 3.68. The van der Waals surface area contributed by atoms with E-state index < -0.39 is 0 Å². The molecule has 2 aromatic carbocycles. The number of nitrogens with zero attached hydrogens (tertiary/aromatic N) is 1. The van der Waals surface area contributed by atoms with Crippen molar-refractivity contribution in [1.82, 2.24) is 10.2 Å². The van der Waals surface area contributed by atoms with Crippen molar-refractivity contribution >= 4 is 29.5 Å². The number of benzene rings is 2. The first-order valence-electron chi connectivity index (χ1n) is 10.3. The summed E-state index contributed by atoms with van der Waals surface area (Å²) < 4.78 is 5.84. The molecule has 1 aliphatic heterocycles. The summed E-state index contributed by atoms with van der Waals surface area (Å²) in [6, 6.07) is 14.6. The maximum atomic E-state index is 12.5. The second kappa shape index (κ2) is 10.8. The van der Waals surface area contributed by atoms with E-state index in [0.29, 0.717) is 17.2 Å². The fourth-order valence-corrected chi connectivity index (χ4v) is 3.59. The van der Waals surface area contributed by atoms with Gasteiger partial charge in [0.15, 0.2) is 6.61 Å². The van der Waals surface area contributed by atoms with Gasteiger partial charge in [-0.05, 0) is 49.1 Å². The molecular weight excluding hydrogens is 400 g/mol. The van der Waals surface area contributed by atoms with Crippen molar-refractivity contribution in [2.75, 3.05) is 19.7 Å². The van der Waals surface area contributed by atoms with Crippen LogP contribution in [0.4, 0.5) is 0 Å². The highest BCUT2D eigenvalue weighted by atomic mass is 35.5. The number of rotatable bonds is 8. The Kier molecular flexibility index (Phi) is 7.91. The largest absolute Gasteiger partial charge is 0.483 e. The molecule has 158 valence electrons. The number of likely N-dealkylation sites (tertiary alicyclic amines) is 1. The van der Waals surface area contributed by atoms with Gasteiger partial charge in [-0.3, -0.25) is 9.59 Å². The average Bonchev–Trinajstić information content (AvgIpc) is 3.31. The lowest BCUT2D eigenvalue weighted by Crippen LogP contribution is -2.32. The van der Waals surface area contributed by atoms with Gasteiger partial charge in [-0.2, -0.15) is 0 Å². The lowest BCUT2D eigenvalue weighted by molar-refractivity contribution is -0.132. The van der Waals surface area contributed by atoms with Crippen molar-refractivity contribution in [3.8, 4) is 5.75 Å². The molecule has 5 nitrogen and oxygen atoms in total. The van der Waals surface area contributed by atoms with Crippen LogP contribution in [-0.4, -0.2) is 36.4 Å². The Bertz CT molecular complexity index is 890. The molecule has 2 aromatic rings. The van der Waals surface area contributed by atoms with E-state index in [1.54, 1.807) is 18.2 Å². The van der Waals surface area contributed by atoms with Gasteiger partial charge >= 0.3 is 0 Å². The summed E-state index contributed by atoms with van der Waals surface area (Å²) >= 11 is 5.89. The summed E-state index contributed by atoms with van der Waals surface area (Å²) in [6.45, 7) is 3.62. The Morgan fingerprint density at radius 1 is 1.13 bits per heavy atom. The fraction of sp³-hybridized carbons (Fsp3) is 0.333. The standard InChI is InChI=1S/C24H27ClN2O3/c1-2-21(26-23(28)14-11-18-9-12-19(25)13-10-18)20-7-3-4-8-22(20)30-17-24(29)27-15-5-6-16-27/h3-4,7-14,21H,2,5-6,15-17H2,1H3,(H,26,28)/b14-11-. The first kappa shape index (κ1) is 21.9. The number of para-hydroxylation sites is 1. The number of halogens is 1. The Morgan fingerprint density at radius 2 is 1.83 bits per heavy atom. The van der Waals surface area contributed by atoms with Gasteiger partial charge in [0.2, 0.25) is 5.91 Å². The van der Waals surface area contributed by atoms with Crippen molar-refractivity contribution < 1.29 is 14.3 Å². The highest BCUT2D eigenvalue weighted by Crippen LogP contribution is 2.27. The molecule has 1 heterocycles. The van der Waals surface area contributed by atoms with Gasteiger partial charge in [-0.15, -0.1) is 0 Å². The Labute approximate surface area is 182 Å². The molecule has 1 aliphatic rings. The molecule has 1 saturated heterocycles. The summed E-state index contributed by atoms with van der Waals surface area (Å²) in [5.41, 5.74) is 1.76. The van der Waals surface area contributed by atoms with E-state index in [1.165, 1.54) is 6.08 Å². The van der Waals surface area contributed by atoms with E-state index in [-0.39, 0.29) is 24.5 Å². The number of carbonyl (C=O) groups is 2. The number of amides is 2. The Balaban J connectivity index is 1.63. The van der Waals surface area contributed by atoms with E-state index >= 15 is 0 Å². The summed E-state index contributed by atoms with van der Waals surface area (Å²) in [5.74, 6) is 0.434. The Morgan fingerprint density at radius 3 is 2.53 bits per heavy atom. The average molecular weight is 427 g/mol. The van der Waals surface area contributed by atoms with Gasteiger partial charge in [0.05, 0.1) is 6.04 Å². The van der Waals surface area contributed by atoms with Gasteiger partial charge in [0.25, 0.3) is 5.91 Å². The van der Waals surface area contributed by atoms with Crippen LogP contribution in [0.15, 0.2) is 54.6 Å². The lowest BCUT2D eigenvalue weighted by Gasteiger charge is -2.21. The SMILES string of the molecule is CCC(NC(=O)/C=C\c1ccc(Cl)cc1)c1ccccc1OCC(=O)N1CCCC1. The highest BCUT2D eigenvalue weighted by Gasteiger charge is 2.20. The van der Waals surface area contributed by atoms with Crippen LogP contribution in [0, 0.1) is 0 Å². The minimum atomic E-state index is -0.217. The third kappa shape index (κ3) is 6.10. The maximum Gasteiger partial charge on any atom is 0.260 e. The van der Waals surface area contributed by atoms with Crippen molar-refractivity contribution in [3.05, 3.63) is 70.8 Å². The zero-order valence-electron chi connectivity index (χ0n) is 17.1. The molecule has 0 aromatic heterocycles. The van der Waals surface area contributed by atoms with E-state index in [9.17, 15) is 9.59 Å². The minimum Gasteiger partial charge on any atom is -0.483 e. The van der Waals surface area contributed by atoms with Crippen LogP contribution in [0.25, 0.3) is 6.08 Å².